The lowest BCUT2D eigenvalue weighted by atomic mass is 9.92. The van der Waals surface area contributed by atoms with Gasteiger partial charge in [0.05, 0.1) is 18.5 Å². The summed E-state index contributed by atoms with van der Waals surface area (Å²) in [6.07, 6.45) is 2.77. The lowest BCUT2D eigenvalue weighted by Crippen LogP contribution is -2.40. The van der Waals surface area contributed by atoms with Crippen LogP contribution in [0.5, 0.6) is 0 Å². The predicted octanol–water partition coefficient (Wildman–Crippen LogP) is 2.00. The van der Waals surface area contributed by atoms with Gasteiger partial charge in [-0.25, -0.2) is 4.79 Å². The van der Waals surface area contributed by atoms with Crippen molar-refractivity contribution in [2.24, 2.45) is 5.92 Å². The summed E-state index contributed by atoms with van der Waals surface area (Å²) in [6.45, 7) is 6.73. The number of rotatable bonds is 5. The van der Waals surface area contributed by atoms with E-state index in [9.17, 15) is 13.2 Å². The number of hydrogen-bond acceptors (Lipinski definition) is 5. The summed E-state index contributed by atoms with van der Waals surface area (Å²) in [4.78, 5) is 13.4. The molecule has 1 atom stereocenters. The SMILES string of the molecule is CC(C)OC(=O)N1CCC(CC(C)OS(C)(=O)=O)CC1. The van der Waals surface area contributed by atoms with Crippen molar-refractivity contribution < 1.29 is 22.1 Å². The first kappa shape index (κ1) is 17.2. The first-order chi connectivity index (χ1) is 9.17. The van der Waals surface area contributed by atoms with Gasteiger partial charge in [-0.05, 0) is 46.0 Å². The number of carbonyl (C=O) groups is 1. The summed E-state index contributed by atoms with van der Waals surface area (Å²) in [7, 11) is -3.40. The van der Waals surface area contributed by atoms with Crippen LogP contribution in [-0.4, -0.2) is 51.0 Å². The summed E-state index contributed by atoms with van der Waals surface area (Å²) < 4.78 is 32.2. The van der Waals surface area contributed by atoms with Crippen molar-refractivity contribution in [3.05, 3.63) is 0 Å². The van der Waals surface area contributed by atoms with Gasteiger partial charge in [-0.1, -0.05) is 0 Å². The van der Waals surface area contributed by atoms with Crippen LogP contribution in [-0.2, 0) is 19.0 Å². The van der Waals surface area contributed by atoms with E-state index in [-0.39, 0.29) is 18.3 Å². The summed E-state index contributed by atoms with van der Waals surface area (Å²) in [6, 6.07) is 0. The molecule has 1 heterocycles. The zero-order valence-corrected chi connectivity index (χ0v) is 13.5. The van der Waals surface area contributed by atoms with Crippen LogP contribution in [0.3, 0.4) is 0 Å². The van der Waals surface area contributed by atoms with E-state index in [1.54, 1.807) is 11.8 Å². The van der Waals surface area contributed by atoms with Crippen molar-refractivity contribution >= 4 is 16.2 Å². The molecule has 0 bridgehead atoms. The lowest BCUT2D eigenvalue weighted by Gasteiger charge is -2.32. The van der Waals surface area contributed by atoms with E-state index in [1.165, 1.54) is 0 Å². The van der Waals surface area contributed by atoms with Crippen LogP contribution in [0.25, 0.3) is 0 Å². The molecule has 0 aromatic rings. The minimum atomic E-state index is -3.40. The Bertz CT molecular complexity index is 412. The molecule has 1 aliphatic heterocycles. The van der Waals surface area contributed by atoms with E-state index >= 15 is 0 Å². The highest BCUT2D eigenvalue weighted by atomic mass is 32.2. The Hall–Kier alpha value is -0.820. The van der Waals surface area contributed by atoms with Gasteiger partial charge in [0.1, 0.15) is 0 Å². The fourth-order valence-electron chi connectivity index (χ4n) is 2.43. The Kier molecular flexibility index (Phi) is 6.26. The molecule has 1 aliphatic rings. The zero-order valence-electron chi connectivity index (χ0n) is 12.7. The maximum Gasteiger partial charge on any atom is 0.410 e. The molecule has 6 nitrogen and oxygen atoms in total. The van der Waals surface area contributed by atoms with Crippen molar-refractivity contribution in [2.75, 3.05) is 19.3 Å². The van der Waals surface area contributed by atoms with Crippen molar-refractivity contribution in [1.82, 2.24) is 4.90 Å². The maximum atomic E-state index is 11.7. The van der Waals surface area contributed by atoms with Crippen LogP contribution in [0.15, 0.2) is 0 Å². The second-order valence-electron chi connectivity index (χ2n) is 5.71. The van der Waals surface area contributed by atoms with Crippen LogP contribution in [0, 0.1) is 5.92 Å². The molecule has 0 radical (unpaired) electrons. The van der Waals surface area contributed by atoms with E-state index in [2.05, 4.69) is 0 Å². The van der Waals surface area contributed by atoms with E-state index in [4.69, 9.17) is 8.92 Å². The standard InChI is InChI=1S/C13H25NO5S/c1-10(2)18-13(15)14-7-5-12(6-8-14)9-11(3)19-20(4,16)17/h10-12H,5-9H2,1-4H3. The van der Waals surface area contributed by atoms with Gasteiger partial charge < -0.3 is 9.64 Å². The number of piperidine rings is 1. The Labute approximate surface area is 121 Å². The average molecular weight is 307 g/mol. The van der Waals surface area contributed by atoms with E-state index in [0.29, 0.717) is 25.4 Å². The van der Waals surface area contributed by atoms with Crippen molar-refractivity contribution in [3.8, 4) is 0 Å². The van der Waals surface area contributed by atoms with Gasteiger partial charge >= 0.3 is 6.09 Å². The van der Waals surface area contributed by atoms with Crippen LogP contribution in [0.4, 0.5) is 4.79 Å². The molecule has 0 aliphatic carbocycles. The molecule has 1 amide bonds. The fraction of sp³-hybridized carbons (Fsp3) is 0.923. The van der Waals surface area contributed by atoms with Crippen LogP contribution >= 0.6 is 0 Å². The molecule has 118 valence electrons. The second-order valence-corrected chi connectivity index (χ2v) is 7.31. The smallest absolute Gasteiger partial charge is 0.410 e. The normalized spacial score (nSPS) is 19.1. The van der Waals surface area contributed by atoms with Gasteiger partial charge in [-0.15, -0.1) is 0 Å². The van der Waals surface area contributed by atoms with Gasteiger partial charge in [0, 0.05) is 13.1 Å². The van der Waals surface area contributed by atoms with Gasteiger partial charge in [-0.2, -0.15) is 8.42 Å². The first-order valence-electron chi connectivity index (χ1n) is 7.01. The predicted molar refractivity (Wildman–Crippen MR) is 75.9 cm³/mol. The Balaban J connectivity index is 2.33. The molecule has 0 N–H and O–H groups in total. The topological polar surface area (TPSA) is 72.9 Å². The van der Waals surface area contributed by atoms with Crippen molar-refractivity contribution in [3.63, 3.8) is 0 Å². The largest absolute Gasteiger partial charge is 0.447 e. The molecule has 1 rings (SSSR count). The van der Waals surface area contributed by atoms with E-state index < -0.39 is 10.1 Å². The lowest BCUT2D eigenvalue weighted by molar-refractivity contribution is 0.0616. The first-order valence-corrected chi connectivity index (χ1v) is 8.83. The van der Waals surface area contributed by atoms with Crippen LogP contribution < -0.4 is 0 Å². The van der Waals surface area contributed by atoms with Gasteiger partial charge in [0.25, 0.3) is 10.1 Å². The summed E-state index contributed by atoms with van der Waals surface area (Å²) in [5.41, 5.74) is 0. The molecule has 1 unspecified atom stereocenters. The molecular weight excluding hydrogens is 282 g/mol. The number of nitrogens with zero attached hydrogens (tertiary/aromatic N) is 1. The number of hydrogen-bond donors (Lipinski definition) is 0. The molecule has 7 heteroatoms. The highest BCUT2D eigenvalue weighted by Gasteiger charge is 2.26. The summed E-state index contributed by atoms with van der Waals surface area (Å²) >= 11 is 0. The number of ether oxygens (including phenoxy) is 1. The molecule has 0 saturated carbocycles. The summed E-state index contributed by atoms with van der Waals surface area (Å²) in [5, 5.41) is 0. The average Bonchev–Trinajstić information content (AvgIpc) is 2.26. The fourth-order valence-corrected chi connectivity index (χ4v) is 3.11. The van der Waals surface area contributed by atoms with Crippen LogP contribution in [0.2, 0.25) is 0 Å². The van der Waals surface area contributed by atoms with E-state index in [0.717, 1.165) is 19.1 Å². The number of likely N-dealkylation sites (tertiary alicyclic amines) is 1. The highest BCUT2D eigenvalue weighted by Crippen LogP contribution is 2.24. The molecular formula is C13H25NO5S. The monoisotopic (exact) mass is 307 g/mol. The quantitative estimate of drug-likeness (QED) is 0.726. The molecule has 1 saturated heterocycles. The summed E-state index contributed by atoms with van der Waals surface area (Å²) in [5.74, 6) is 0.384. The maximum absolute atomic E-state index is 11.7. The Morgan fingerprint density at radius 3 is 2.25 bits per heavy atom. The third-order valence-electron chi connectivity index (χ3n) is 3.21. The molecule has 0 aromatic carbocycles. The van der Waals surface area contributed by atoms with Crippen LogP contribution in [0.1, 0.15) is 40.0 Å². The van der Waals surface area contributed by atoms with Crippen molar-refractivity contribution in [2.45, 2.75) is 52.2 Å². The number of amides is 1. The van der Waals surface area contributed by atoms with E-state index in [1.807, 2.05) is 13.8 Å². The molecule has 0 spiro atoms. The number of carbonyl (C=O) groups excluding carboxylic acids is 1. The second kappa shape index (κ2) is 7.26. The van der Waals surface area contributed by atoms with Gasteiger partial charge in [-0.3, -0.25) is 4.18 Å². The molecule has 20 heavy (non-hydrogen) atoms. The third-order valence-corrected chi connectivity index (χ3v) is 3.89. The molecule has 1 fully saturated rings. The highest BCUT2D eigenvalue weighted by molar-refractivity contribution is 7.86. The molecule has 0 aromatic heterocycles. The zero-order chi connectivity index (χ0) is 15.3. The van der Waals surface area contributed by atoms with Gasteiger partial charge in [0.2, 0.25) is 0 Å². The van der Waals surface area contributed by atoms with Gasteiger partial charge in [0.15, 0.2) is 0 Å². The minimum Gasteiger partial charge on any atom is -0.447 e. The minimum absolute atomic E-state index is 0.108. The third kappa shape index (κ3) is 6.56. The Morgan fingerprint density at radius 2 is 1.80 bits per heavy atom. The Morgan fingerprint density at radius 1 is 1.25 bits per heavy atom. The van der Waals surface area contributed by atoms with Crippen molar-refractivity contribution in [1.29, 1.82) is 0 Å².